The zero-order valence-corrected chi connectivity index (χ0v) is 16.6. The van der Waals surface area contributed by atoms with Crippen LogP contribution in [0.2, 0.25) is 0 Å². The highest BCUT2D eigenvalue weighted by molar-refractivity contribution is 6.11. The SMILES string of the molecule is CCOC(=O)c1c[nH]c(C(=NC(=N)c2cnc(N)cc2C(F)(F)F)N2CCOCC2)c1. The second kappa shape index (κ2) is 9.16. The summed E-state index contributed by atoms with van der Waals surface area (Å²) in [5, 5.41) is 8.24. The second-order valence-corrected chi connectivity index (χ2v) is 6.56. The predicted octanol–water partition coefficient (Wildman–Crippen LogP) is 2.29. The number of halogens is 3. The molecule has 9 nitrogen and oxygen atoms in total. The van der Waals surface area contributed by atoms with Crippen LogP contribution in [0.5, 0.6) is 0 Å². The lowest BCUT2D eigenvalue weighted by Gasteiger charge is -2.29. The number of nitrogens with zero attached hydrogens (tertiary/aromatic N) is 3. The summed E-state index contributed by atoms with van der Waals surface area (Å²) in [5.41, 5.74) is 4.37. The van der Waals surface area contributed by atoms with Gasteiger partial charge in [-0.1, -0.05) is 0 Å². The monoisotopic (exact) mass is 438 g/mol. The number of ether oxygens (including phenoxy) is 2. The summed E-state index contributed by atoms with van der Waals surface area (Å²) in [4.78, 5) is 24.5. The molecular formula is C19H21F3N6O3. The highest BCUT2D eigenvalue weighted by Crippen LogP contribution is 2.33. The van der Waals surface area contributed by atoms with E-state index in [9.17, 15) is 18.0 Å². The van der Waals surface area contributed by atoms with Crippen LogP contribution in [0.25, 0.3) is 0 Å². The van der Waals surface area contributed by atoms with Gasteiger partial charge in [-0.25, -0.2) is 14.8 Å². The Balaban J connectivity index is 2.03. The molecule has 1 fully saturated rings. The zero-order valence-electron chi connectivity index (χ0n) is 16.6. The van der Waals surface area contributed by atoms with Crippen molar-refractivity contribution in [3.05, 3.63) is 46.9 Å². The highest BCUT2D eigenvalue weighted by atomic mass is 19.4. The number of H-pyrrole nitrogens is 1. The van der Waals surface area contributed by atoms with Crippen LogP contribution < -0.4 is 5.73 Å². The molecule has 0 amide bonds. The molecule has 0 bridgehead atoms. The van der Waals surface area contributed by atoms with Gasteiger partial charge in [0.1, 0.15) is 5.82 Å². The Hall–Kier alpha value is -3.41. The van der Waals surface area contributed by atoms with Crippen molar-refractivity contribution >= 4 is 23.5 Å². The Labute approximate surface area is 175 Å². The van der Waals surface area contributed by atoms with Crippen LogP contribution in [0, 0.1) is 5.41 Å². The number of alkyl halides is 3. The topological polar surface area (TPSA) is 130 Å². The van der Waals surface area contributed by atoms with Gasteiger partial charge in [0, 0.05) is 31.0 Å². The summed E-state index contributed by atoms with van der Waals surface area (Å²) in [6, 6.07) is 2.15. The number of rotatable bonds is 4. The summed E-state index contributed by atoms with van der Waals surface area (Å²) in [7, 11) is 0. The number of amidine groups is 2. The number of nitrogens with two attached hydrogens (primary N) is 1. The number of carbonyl (C=O) groups is 1. The quantitative estimate of drug-likeness (QED) is 0.382. The molecule has 3 rings (SSSR count). The number of aromatic nitrogens is 2. The lowest BCUT2D eigenvalue weighted by atomic mass is 10.1. The molecule has 1 aliphatic heterocycles. The van der Waals surface area contributed by atoms with Crippen molar-refractivity contribution in [1.29, 1.82) is 5.41 Å². The van der Waals surface area contributed by atoms with E-state index in [0.717, 1.165) is 6.20 Å². The molecule has 0 spiro atoms. The van der Waals surface area contributed by atoms with E-state index in [1.807, 2.05) is 0 Å². The first kappa shape index (κ1) is 22.3. The van der Waals surface area contributed by atoms with Gasteiger partial charge < -0.3 is 25.1 Å². The van der Waals surface area contributed by atoms with Gasteiger partial charge in [0.05, 0.1) is 36.6 Å². The molecule has 4 N–H and O–H groups in total. The number of carbonyl (C=O) groups excluding carboxylic acids is 1. The molecule has 12 heteroatoms. The minimum atomic E-state index is -4.74. The molecule has 0 saturated carbocycles. The van der Waals surface area contributed by atoms with Crippen molar-refractivity contribution in [3.8, 4) is 0 Å². The Morgan fingerprint density at radius 1 is 1.39 bits per heavy atom. The molecule has 2 aromatic rings. The van der Waals surface area contributed by atoms with Crippen LogP contribution in [0.1, 0.15) is 34.1 Å². The Bertz CT molecular complexity index is 996. The predicted molar refractivity (Wildman–Crippen MR) is 106 cm³/mol. The fraction of sp³-hybridized carbons (Fsp3) is 0.368. The molecular weight excluding hydrogens is 417 g/mol. The molecule has 0 unspecified atom stereocenters. The van der Waals surface area contributed by atoms with Crippen molar-refractivity contribution < 1.29 is 27.4 Å². The van der Waals surface area contributed by atoms with Crippen LogP contribution in [0.15, 0.2) is 29.5 Å². The Morgan fingerprint density at radius 3 is 2.74 bits per heavy atom. The normalized spacial score (nSPS) is 15.1. The van der Waals surface area contributed by atoms with Crippen molar-refractivity contribution in [1.82, 2.24) is 14.9 Å². The maximum atomic E-state index is 13.5. The number of anilines is 1. The molecule has 0 aliphatic carbocycles. The maximum absolute atomic E-state index is 13.5. The first-order chi connectivity index (χ1) is 14.7. The molecule has 0 radical (unpaired) electrons. The van der Waals surface area contributed by atoms with Gasteiger partial charge in [-0.2, -0.15) is 13.2 Å². The molecule has 0 aromatic carbocycles. The van der Waals surface area contributed by atoms with Gasteiger partial charge in [0.25, 0.3) is 0 Å². The highest BCUT2D eigenvalue weighted by Gasteiger charge is 2.35. The Morgan fingerprint density at radius 2 is 2.10 bits per heavy atom. The summed E-state index contributed by atoms with van der Waals surface area (Å²) < 4.78 is 50.6. The largest absolute Gasteiger partial charge is 0.462 e. The molecule has 1 saturated heterocycles. The molecule has 2 aromatic heterocycles. The minimum absolute atomic E-state index is 0.193. The van der Waals surface area contributed by atoms with Gasteiger partial charge in [-0.15, -0.1) is 0 Å². The van der Waals surface area contributed by atoms with Gasteiger partial charge in [0.15, 0.2) is 11.7 Å². The first-order valence-corrected chi connectivity index (χ1v) is 9.39. The van der Waals surface area contributed by atoms with Gasteiger partial charge in [0.2, 0.25) is 0 Å². The van der Waals surface area contributed by atoms with E-state index in [0.29, 0.717) is 38.1 Å². The van der Waals surface area contributed by atoms with Crippen LogP contribution in [-0.4, -0.2) is 65.4 Å². The average molecular weight is 438 g/mol. The van der Waals surface area contributed by atoms with Crippen LogP contribution in [0.3, 0.4) is 0 Å². The minimum Gasteiger partial charge on any atom is -0.462 e. The number of nitrogen functional groups attached to an aromatic ring is 1. The second-order valence-electron chi connectivity index (χ2n) is 6.56. The zero-order chi connectivity index (χ0) is 22.6. The number of morpholine rings is 1. The van der Waals surface area contributed by atoms with E-state index in [-0.39, 0.29) is 23.8 Å². The van der Waals surface area contributed by atoms with Gasteiger partial charge >= 0.3 is 12.1 Å². The van der Waals surface area contributed by atoms with Crippen LogP contribution in [-0.2, 0) is 15.7 Å². The average Bonchev–Trinajstić information content (AvgIpc) is 3.22. The molecule has 31 heavy (non-hydrogen) atoms. The van der Waals surface area contributed by atoms with E-state index in [4.69, 9.17) is 20.6 Å². The fourth-order valence-corrected chi connectivity index (χ4v) is 2.99. The van der Waals surface area contributed by atoms with E-state index >= 15 is 0 Å². The smallest absolute Gasteiger partial charge is 0.417 e. The number of pyridine rings is 1. The molecule has 166 valence electrons. The fourth-order valence-electron chi connectivity index (χ4n) is 2.99. The molecule has 1 aliphatic rings. The summed E-state index contributed by atoms with van der Waals surface area (Å²) >= 11 is 0. The molecule has 3 heterocycles. The van der Waals surface area contributed by atoms with Crippen LogP contribution in [0.4, 0.5) is 19.0 Å². The lowest BCUT2D eigenvalue weighted by Crippen LogP contribution is -2.41. The van der Waals surface area contributed by atoms with Crippen molar-refractivity contribution in [3.63, 3.8) is 0 Å². The lowest BCUT2D eigenvalue weighted by molar-refractivity contribution is -0.137. The number of hydrogen-bond donors (Lipinski definition) is 3. The third kappa shape index (κ3) is 5.20. The van der Waals surface area contributed by atoms with Crippen LogP contribution >= 0.6 is 0 Å². The summed E-state index contributed by atoms with van der Waals surface area (Å²) in [6.45, 7) is 3.45. The van der Waals surface area contributed by atoms with E-state index in [1.54, 1.807) is 11.8 Å². The van der Waals surface area contributed by atoms with E-state index in [1.165, 1.54) is 12.3 Å². The number of aliphatic imine (C=N–C) groups is 1. The molecule has 0 atom stereocenters. The van der Waals surface area contributed by atoms with E-state index in [2.05, 4.69) is 15.0 Å². The maximum Gasteiger partial charge on any atom is 0.417 e. The van der Waals surface area contributed by atoms with Gasteiger partial charge in [-0.05, 0) is 19.1 Å². The van der Waals surface area contributed by atoms with Gasteiger partial charge in [-0.3, -0.25) is 5.41 Å². The number of nitrogens with one attached hydrogen (secondary N) is 2. The number of esters is 1. The Kier molecular flexibility index (Phi) is 6.59. The van der Waals surface area contributed by atoms with E-state index < -0.39 is 29.1 Å². The standard InChI is InChI=1S/C19H21F3N6O3/c1-2-31-18(29)11-7-14(25-9-11)17(28-3-5-30-6-4-28)27-16(24)12-10-26-15(23)8-13(12)19(20,21)22/h7-10,24-25H,2-6H2,1H3,(H2,23,26). The number of aromatic amines is 1. The number of hydrogen-bond acceptors (Lipinski definition) is 6. The summed E-state index contributed by atoms with van der Waals surface area (Å²) in [6.07, 6.45) is -2.45. The van der Waals surface area contributed by atoms with Crippen molar-refractivity contribution in [2.75, 3.05) is 38.6 Å². The third-order valence-corrected chi connectivity index (χ3v) is 4.45. The first-order valence-electron chi connectivity index (χ1n) is 9.39. The van der Waals surface area contributed by atoms with Crippen molar-refractivity contribution in [2.24, 2.45) is 4.99 Å². The summed E-state index contributed by atoms with van der Waals surface area (Å²) in [5.74, 6) is -1.31. The van der Waals surface area contributed by atoms with Crippen molar-refractivity contribution in [2.45, 2.75) is 13.1 Å². The third-order valence-electron chi connectivity index (χ3n) is 4.45.